The van der Waals surface area contributed by atoms with Crippen LogP contribution in [0.1, 0.15) is 11.3 Å². The lowest BCUT2D eigenvalue weighted by Crippen LogP contribution is -2.37. The van der Waals surface area contributed by atoms with Crippen molar-refractivity contribution in [1.82, 2.24) is 4.31 Å². The van der Waals surface area contributed by atoms with E-state index in [4.69, 9.17) is 5.11 Å². The molecule has 1 aromatic rings. The van der Waals surface area contributed by atoms with E-state index in [0.717, 1.165) is 15.6 Å². The molecule has 0 radical (unpaired) electrons. The number of nitrogens with zero attached hydrogens (tertiary/aromatic N) is 1. The molecule has 114 valence electrons. The Morgan fingerprint density at radius 2 is 2.20 bits per heavy atom. The van der Waals surface area contributed by atoms with Crippen LogP contribution < -0.4 is 0 Å². The molecule has 1 atom stereocenters. The molecule has 1 unspecified atom stereocenters. The molecular formula is C10H14BrNO5S3. The van der Waals surface area contributed by atoms with E-state index in [1.807, 2.05) is 0 Å². The van der Waals surface area contributed by atoms with Crippen molar-refractivity contribution in [3.8, 4) is 0 Å². The Labute approximate surface area is 130 Å². The van der Waals surface area contributed by atoms with E-state index in [0.29, 0.717) is 15.1 Å². The van der Waals surface area contributed by atoms with Gasteiger partial charge in [-0.2, -0.15) is 4.31 Å². The van der Waals surface area contributed by atoms with Crippen LogP contribution in [0.25, 0.3) is 0 Å². The zero-order chi connectivity index (χ0) is 15.1. The number of hydrogen-bond acceptors (Lipinski definition) is 6. The molecule has 1 aromatic heterocycles. The Kier molecular flexibility index (Phi) is 4.63. The van der Waals surface area contributed by atoms with Crippen molar-refractivity contribution in [3.63, 3.8) is 0 Å². The third kappa shape index (κ3) is 3.09. The van der Waals surface area contributed by atoms with Gasteiger partial charge in [0.1, 0.15) is 4.90 Å². The average Bonchev–Trinajstić information content (AvgIpc) is 2.91. The first-order chi connectivity index (χ1) is 9.17. The van der Waals surface area contributed by atoms with Crippen LogP contribution in [-0.2, 0) is 26.5 Å². The lowest BCUT2D eigenvalue weighted by Gasteiger charge is -2.22. The van der Waals surface area contributed by atoms with Crippen LogP contribution in [0, 0.1) is 0 Å². The second kappa shape index (κ2) is 5.65. The van der Waals surface area contributed by atoms with E-state index >= 15 is 0 Å². The summed E-state index contributed by atoms with van der Waals surface area (Å²) in [4.78, 5) is 0.598. The Morgan fingerprint density at radius 1 is 1.55 bits per heavy atom. The van der Waals surface area contributed by atoms with E-state index < -0.39 is 25.9 Å². The summed E-state index contributed by atoms with van der Waals surface area (Å²) in [7, 11) is -5.53. The van der Waals surface area contributed by atoms with Gasteiger partial charge in [0, 0.05) is 18.0 Å². The van der Waals surface area contributed by atoms with E-state index in [1.54, 1.807) is 0 Å². The predicted octanol–water partition coefficient (Wildman–Crippen LogP) is 0.810. The zero-order valence-corrected chi connectivity index (χ0v) is 14.6. The Balaban J connectivity index is 2.32. The van der Waals surface area contributed by atoms with Gasteiger partial charge in [-0.15, -0.1) is 11.3 Å². The molecule has 1 saturated heterocycles. The molecule has 10 heteroatoms. The molecule has 1 N–H and O–H groups in total. The van der Waals surface area contributed by atoms with Gasteiger partial charge in [-0.05, 0) is 28.4 Å². The van der Waals surface area contributed by atoms with E-state index in [-0.39, 0.29) is 23.0 Å². The summed E-state index contributed by atoms with van der Waals surface area (Å²) in [6.45, 7) is -0.236. The van der Waals surface area contributed by atoms with Crippen molar-refractivity contribution >= 4 is 47.1 Å². The van der Waals surface area contributed by atoms with Crippen LogP contribution in [0.15, 0.2) is 14.7 Å². The summed E-state index contributed by atoms with van der Waals surface area (Å²) >= 11 is 4.32. The van der Waals surface area contributed by atoms with Crippen LogP contribution in [0.4, 0.5) is 0 Å². The maximum Gasteiger partial charge on any atom is 0.245 e. The molecule has 2 heterocycles. The van der Waals surface area contributed by atoms with Crippen molar-refractivity contribution in [2.24, 2.45) is 0 Å². The van der Waals surface area contributed by atoms with Crippen LogP contribution in [0.3, 0.4) is 0 Å². The number of sulfone groups is 1. The van der Waals surface area contributed by atoms with E-state index in [2.05, 4.69) is 15.9 Å². The average molecular weight is 404 g/mol. The first-order valence-electron chi connectivity index (χ1n) is 5.75. The molecule has 2 rings (SSSR count). The fourth-order valence-electron chi connectivity index (χ4n) is 2.07. The van der Waals surface area contributed by atoms with E-state index in [9.17, 15) is 16.8 Å². The number of aliphatic hydroxyl groups excluding tert-OH is 1. The summed E-state index contributed by atoms with van der Waals surface area (Å²) in [5, 5.41) is 9.06. The monoisotopic (exact) mass is 403 g/mol. The molecule has 0 aromatic carbocycles. The smallest absolute Gasteiger partial charge is 0.245 e. The Hall–Kier alpha value is -0.000000000000000111. The number of sulfonamides is 1. The predicted molar refractivity (Wildman–Crippen MR) is 79.9 cm³/mol. The number of halogens is 1. The second-order valence-electron chi connectivity index (χ2n) is 4.59. The van der Waals surface area contributed by atoms with Crippen LogP contribution in [-0.4, -0.2) is 50.8 Å². The second-order valence-corrected chi connectivity index (χ2v) is 11.2. The number of aliphatic hydroxyl groups is 1. The third-order valence-electron chi connectivity index (χ3n) is 3.24. The minimum Gasteiger partial charge on any atom is -0.391 e. The van der Waals surface area contributed by atoms with Crippen LogP contribution in [0.5, 0.6) is 0 Å². The quantitative estimate of drug-likeness (QED) is 0.802. The molecule has 6 nitrogen and oxygen atoms in total. The molecule has 20 heavy (non-hydrogen) atoms. The van der Waals surface area contributed by atoms with Gasteiger partial charge in [0.05, 0.1) is 21.9 Å². The lowest BCUT2D eigenvalue weighted by molar-refractivity contribution is 0.285. The lowest BCUT2D eigenvalue weighted by atomic mass is 10.3. The topological polar surface area (TPSA) is 91.8 Å². The summed E-state index contributed by atoms with van der Waals surface area (Å²) in [6, 6.07) is 0.874. The molecule has 0 saturated carbocycles. The third-order valence-corrected chi connectivity index (χ3v) is 9.14. The number of hydrogen-bond donors (Lipinski definition) is 1. The molecule has 1 fully saturated rings. The van der Waals surface area contributed by atoms with Gasteiger partial charge in [-0.3, -0.25) is 0 Å². The molecular weight excluding hydrogens is 390 g/mol. The maximum atomic E-state index is 12.5. The Morgan fingerprint density at radius 3 is 2.65 bits per heavy atom. The molecule has 1 aliphatic rings. The maximum absolute atomic E-state index is 12.5. The first-order valence-corrected chi connectivity index (χ1v) is 10.6. The van der Waals surface area contributed by atoms with Crippen molar-refractivity contribution in [3.05, 3.63) is 14.7 Å². The van der Waals surface area contributed by atoms with Gasteiger partial charge in [-0.1, -0.05) is 0 Å². The van der Waals surface area contributed by atoms with Gasteiger partial charge in [0.25, 0.3) is 0 Å². The minimum absolute atomic E-state index is 0.0181. The highest BCUT2D eigenvalue weighted by molar-refractivity contribution is 9.11. The molecule has 0 bridgehead atoms. The summed E-state index contributed by atoms with van der Waals surface area (Å²) in [5.74, 6) is -0.123. The molecule has 1 aliphatic heterocycles. The number of thiophene rings is 1. The summed E-state index contributed by atoms with van der Waals surface area (Å²) < 4.78 is 49.5. The van der Waals surface area contributed by atoms with Gasteiger partial charge >= 0.3 is 0 Å². The van der Waals surface area contributed by atoms with Crippen molar-refractivity contribution in [1.29, 1.82) is 0 Å². The van der Waals surface area contributed by atoms with Crippen molar-refractivity contribution < 1.29 is 21.9 Å². The summed E-state index contributed by atoms with van der Waals surface area (Å²) in [5.41, 5.74) is 0. The number of rotatable bonds is 4. The highest BCUT2D eigenvalue weighted by Gasteiger charge is 2.37. The molecule has 0 aliphatic carbocycles. The van der Waals surface area contributed by atoms with Crippen LogP contribution in [0.2, 0.25) is 0 Å². The van der Waals surface area contributed by atoms with Gasteiger partial charge < -0.3 is 5.11 Å². The summed E-state index contributed by atoms with van der Waals surface area (Å²) in [6.07, 6.45) is 0.312. The van der Waals surface area contributed by atoms with Crippen molar-refractivity contribution in [2.45, 2.75) is 24.0 Å². The van der Waals surface area contributed by atoms with Crippen LogP contribution >= 0.6 is 27.3 Å². The van der Waals surface area contributed by atoms with Crippen molar-refractivity contribution in [2.75, 3.05) is 18.6 Å². The molecule has 0 spiro atoms. The standard InChI is InChI=1S/C10H14BrNO5S3/c1-12(7-2-3-19(14,15)6-7)20(16,17)9-4-8(5-13)18-10(9)11/h4,7,13H,2-3,5-6H2,1H3. The molecule has 0 amide bonds. The highest BCUT2D eigenvalue weighted by Crippen LogP contribution is 2.34. The fourth-order valence-corrected chi connectivity index (χ4v) is 7.81. The normalized spacial score (nSPS) is 22.5. The minimum atomic E-state index is -3.77. The Bertz CT molecular complexity index is 709. The van der Waals surface area contributed by atoms with E-state index in [1.165, 1.54) is 13.1 Å². The largest absolute Gasteiger partial charge is 0.391 e. The first kappa shape index (κ1) is 16.4. The van der Waals surface area contributed by atoms with Gasteiger partial charge in [0.15, 0.2) is 9.84 Å². The van der Waals surface area contributed by atoms with Gasteiger partial charge in [0.2, 0.25) is 10.0 Å². The zero-order valence-electron chi connectivity index (χ0n) is 10.6. The fraction of sp³-hybridized carbons (Fsp3) is 0.600. The highest BCUT2D eigenvalue weighted by atomic mass is 79.9. The van der Waals surface area contributed by atoms with Gasteiger partial charge in [-0.25, -0.2) is 16.8 Å². The SMILES string of the molecule is CN(C1CCS(=O)(=O)C1)S(=O)(=O)c1cc(CO)sc1Br.